The summed E-state index contributed by atoms with van der Waals surface area (Å²) in [5, 5.41) is 3.33. The number of aromatic nitrogens is 5. The van der Waals surface area contributed by atoms with Crippen LogP contribution in [0.5, 0.6) is 0 Å². The number of carbonyl (C=O) groups excluding carboxylic acids is 1. The van der Waals surface area contributed by atoms with E-state index in [0.29, 0.717) is 11.9 Å². The Balaban J connectivity index is 1.12. The summed E-state index contributed by atoms with van der Waals surface area (Å²) in [7, 11) is 0. The second-order valence-corrected chi connectivity index (χ2v) is 10.1. The third kappa shape index (κ3) is 4.91. The van der Waals surface area contributed by atoms with Gasteiger partial charge in [-0.1, -0.05) is 12.5 Å². The molecule has 9 nitrogen and oxygen atoms in total. The largest absolute Gasteiger partial charge is 0.340 e. The zero-order chi connectivity index (χ0) is 25.4. The van der Waals surface area contributed by atoms with Gasteiger partial charge in [-0.05, 0) is 62.6 Å². The summed E-state index contributed by atoms with van der Waals surface area (Å²) in [5.74, 6) is 2.03. The number of amides is 1. The third-order valence-corrected chi connectivity index (χ3v) is 7.72. The molecule has 3 aromatic heterocycles. The number of benzene rings is 1. The molecule has 2 fully saturated rings. The van der Waals surface area contributed by atoms with Crippen LogP contribution in [0.4, 0.5) is 11.8 Å². The fourth-order valence-electron chi connectivity index (χ4n) is 5.19. The minimum absolute atomic E-state index is 0.235. The first kappa shape index (κ1) is 23.5. The van der Waals surface area contributed by atoms with E-state index in [1.54, 1.807) is 6.33 Å². The van der Waals surface area contributed by atoms with Crippen molar-refractivity contribution in [2.75, 3.05) is 31.5 Å². The SMILES string of the molecule is Cc1cc(-c2ccc3nc(Nc4cc([C@@H](C)N5CCN(C(=O)C6CCC6)CC5)ccn4)[nH]c3c2)ncn1. The van der Waals surface area contributed by atoms with Gasteiger partial charge in [0.05, 0.1) is 16.7 Å². The van der Waals surface area contributed by atoms with Gasteiger partial charge in [0.25, 0.3) is 0 Å². The topological polar surface area (TPSA) is 103 Å². The van der Waals surface area contributed by atoms with Crippen molar-refractivity contribution in [3.8, 4) is 11.3 Å². The number of piperazine rings is 1. The zero-order valence-electron chi connectivity index (χ0n) is 21.3. The number of pyridine rings is 1. The summed E-state index contributed by atoms with van der Waals surface area (Å²) in [4.78, 5) is 38.2. The number of fused-ring (bicyclic) bond motifs is 1. The van der Waals surface area contributed by atoms with Crippen LogP contribution in [0.3, 0.4) is 0 Å². The molecule has 1 atom stereocenters. The number of aryl methyl sites for hydroxylation is 1. The van der Waals surface area contributed by atoms with Gasteiger partial charge in [-0.25, -0.2) is 19.9 Å². The van der Waals surface area contributed by atoms with Crippen LogP contribution in [0.1, 0.15) is 43.5 Å². The fourth-order valence-corrected chi connectivity index (χ4v) is 5.19. The first-order chi connectivity index (χ1) is 18.0. The average Bonchev–Trinajstić information content (AvgIpc) is 3.29. The first-order valence-electron chi connectivity index (χ1n) is 13.1. The Morgan fingerprint density at radius 1 is 1.05 bits per heavy atom. The maximum Gasteiger partial charge on any atom is 0.225 e. The fraction of sp³-hybridized carbons (Fsp3) is 0.393. The van der Waals surface area contributed by atoms with Crippen molar-refractivity contribution in [3.05, 3.63) is 60.2 Å². The molecule has 37 heavy (non-hydrogen) atoms. The van der Waals surface area contributed by atoms with Crippen molar-refractivity contribution in [2.24, 2.45) is 5.92 Å². The van der Waals surface area contributed by atoms with E-state index in [4.69, 9.17) is 0 Å². The van der Waals surface area contributed by atoms with Crippen molar-refractivity contribution in [1.82, 2.24) is 34.7 Å². The Bertz CT molecular complexity index is 1420. The molecular formula is C28H32N8O. The van der Waals surface area contributed by atoms with E-state index < -0.39 is 0 Å². The Morgan fingerprint density at radius 3 is 2.65 bits per heavy atom. The summed E-state index contributed by atoms with van der Waals surface area (Å²) in [5.41, 5.74) is 5.81. The van der Waals surface area contributed by atoms with E-state index in [-0.39, 0.29) is 12.0 Å². The third-order valence-electron chi connectivity index (χ3n) is 7.72. The van der Waals surface area contributed by atoms with Crippen molar-refractivity contribution in [3.63, 3.8) is 0 Å². The van der Waals surface area contributed by atoms with Crippen molar-refractivity contribution in [1.29, 1.82) is 0 Å². The van der Waals surface area contributed by atoms with E-state index in [2.05, 4.69) is 65.2 Å². The van der Waals surface area contributed by atoms with Gasteiger partial charge in [0.15, 0.2) is 0 Å². The van der Waals surface area contributed by atoms with Gasteiger partial charge in [-0.3, -0.25) is 9.69 Å². The number of rotatable bonds is 6. The van der Waals surface area contributed by atoms with Gasteiger partial charge in [-0.15, -0.1) is 0 Å². The van der Waals surface area contributed by atoms with Crippen LogP contribution < -0.4 is 5.32 Å². The van der Waals surface area contributed by atoms with Gasteiger partial charge in [0.2, 0.25) is 11.9 Å². The number of anilines is 2. The quantitative estimate of drug-likeness (QED) is 0.406. The van der Waals surface area contributed by atoms with Crippen LogP contribution in [0.25, 0.3) is 22.3 Å². The lowest BCUT2D eigenvalue weighted by Gasteiger charge is -2.40. The lowest BCUT2D eigenvalue weighted by atomic mass is 9.84. The number of hydrogen-bond acceptors (Lipinski definition) is 7. The molecule has 1 saturated heterocycles. The molecular weight excluding hydrogens is 464 g/mol. The van der Waals surface area contributed by atoms with Crippen LogP contribution in [0.2, 0.25) is 0 Å². The number of nitrogens with zero attached hydrogens (tertiary/aromatic N) is 6. The Morgan fingerprint density at radius 2 is 1.89 bits per heavy atom. The average molecular weight is 497 g/mol. The number of nitrogens with one attached hydrogen (secondary N) is 2. The Kier molecular flexibility index (Phi) is 6.30. The van der Waals surface area contributed by atoms with E-state index in [1.807, 2.05) is 31.3 Å². The highest BCUT2D eigenvalue weighted by molar-refractivity contribution is 5.83. The van der Waals surface area contributed by atoms with Gasteiger partial charge in [-0.2, -0.15) is 0 Å². The number of carbonyl (C=O) groups is 1. The molecule has 0 bridgehead atoms. The highest BCUT2D eigenvalue weighted by Gasteiger charge is 2.32. The molecule has 0 radical (unpaired) electrons. The maximum absolute atomic E-state index is 12.6. The smallest absolute Gasteiger partial charge is 0.225 e. The van der Waals surface area contributed by atoms with Crippen LogP contribution in [0.15, 0.2) is 48.9 Å². The van der Waals surface area contributed by atoms with Crippen molar-refractivity contribution < 1.29 is 4.79 Å². The minimum atomic E-state index is 0.235. The molecule has 9 heteroatoms. The normalized spacial score (nSPS) is 17.5. The summed E-state index contributed by atoms with van der Waals surface area (Å²) < 4.78 is 0. The molecule has 4 heterocycles. The summed E-state index contributed by atoms with van der Waals surface area (Å²) >= 11 is 0. The Hall–Kier alpha value is -3.85. The molecule has 0 unspecified atom stereocenters. The predicted molar refractivity (Wildman–Crippen MR) is 143 cm³/mol. The van der Waals surface area contributed by atoms with Crippen LogP contribution in [0, 0.1) is 12.8 Å². The molecule has 4 aromatic rings. The molecule has 1 aliphatic carbocycles. The van der Waals surface area contributed by atoms with E-state index in [9.17, 15) is 4.79 Å². The predicted octanol–water partition coefficient (Wildman–Crippen LogP) is 4.47. The maximum atomic E-state index is 12.6. The lowest BCUT2D eigenvalue weighted by molar-refractivity contribution is -0.140. The molecule has 1 aromatic carbocycles. The van der Waals surface area contributed by atoms with Gasteiger partial charge >= 0.3 is 0 Å². The van der Waals surface area contributed by atoms with E-state index in [0.717, 1.165) is 72.8 Å². The molecule has 190 valence electrons. The lowest BCUT2D eigenvalue weighted by Crippen LogP contribution is -2.51. The van der Waals surface area contributed by atoms with E-state index in [1.165, 1.54) is 12.0 Å². The number of imidazole rings is 1. The molecule has 2 aliphatic rings. The molecule has 2 N–H and O–H groups in total. The zero-order valence-corrected chi connectivity index (χ0v) is 21.3. The van der Waals surface area contributed by atoms with E-state index >= 15 is 0 Å². The van der Waals surface area contributed by atoms with Crippen LogP contribution >= 0.6 is 0 Å². The summed E-state index contributed by atoms with van der Waals surface area (Å²) in [6.45, 7) is 7.59. The van der Waals surface area contributed by atoms with Crippen molar-refractivity contribution >= 4 is 28.7 Å². The summed E-state index contributed by atoms with van der Waals surface area (Å²) in [6.07, 6.45) is 6.75. The first-order valence-corrected chi connectivity index (χ1v) is 13.1. The monoisotopic (exact) mass is 496 g/mol. The highest BCUT2D eigenvalue weighted by Crippen LogP contribution is 2.30. The molecule has 1 amide bonds. The molecule has 6 rings (SSSR count). The number of H-pyrrole nitrogens is 1. The standard InChI is InChI=1S/C28H32N8O/c1-18-14-24(31-17-30-18)22-6-7-23-25(15-22)33-28(32-23)34-26-16-21(8-9-29-26)19(2)35-10-12-36(13-11-35)27(37)20-4-3-5-20/h6-9,14-17,19-20H,3-5,10-13H2,1-2H3,(H2,29,32,33,34)/t19-/m1/s1. The van der Waals surface area contributed by atoms with Crippen LogP contribution in [-0.2, 0) is 4.79 Å². The Labute approximate surface area is 216 Å². The van der Waals surface area contributed by atoms with Gasteiger partial charge < -0.3 is 15.2 Å². The van der Waals surface area contributed by atoms with Crippen molar-refractivity contribution in [2.45, 2.75) is 39.2 Å². The highest BCUT2D eigenvalue weighted by atomic mass is 16.2. The summed E-state index contributed by atoms with van der Waals surface area (Å²) in [6, 6.07) is 12.4. The minimum Gasteiger partial charge on any atom is -0.340 e. The molecule has 1 aliphatic heterocycles. The number of hydrogen-bond donors (Lipinski definition) is 2. The van der Waals surface area contributed by atoms with Crippen LogP contribution in [-0.4, -0.2) is 66.8 Å². The molecule has 1 saturated carbocycles. The second-order valence-electron chi connectivity index (χ2n) is 10.1. The number of aromatic amines is 1. The molecule has 0 spiro atoms. The van der Waals surface area contributed by atoms with Gasteiger partial charge in [0.1, 0.15) is 12.1 Å². The second kappa shape index (κ2) is 9.89. The van der Waals surface area contributed by atoms with Gasteiger partial charge in [0, 0.05) is 55.6 Å².